The molecule has 2 rings (SSSR count). The molecule has 92 valence electrons. The van der Waals surface area contributed by atoms with Crippen LogP contribution in [0.1, 0.15) is 23.4 Å². The summed E-state index contributed by atoms with van der Waals surface area (Å²) in [5, 5.41) is 6.24. The molecule has 0 aliphatic carbocycles. The van der Waals surface area contributed by atoms with E-state index in [1.165, 1.54) is 0 Å². The highest BCUT2D eigenvalue weighted by Gasteiger charge is 2.19. The standard InChI is InChI=1S/C11H16N4OS/c1-3-15-7-8(6-13-15)10(14-12)11-9(16-2)4-5-17-11/h4-7,10,14H,3,12H2,1-2H3. The Morgan fingerprint density at radius 1 is 1.65 bits per heavy atom. The van der Waals surface area contributed by atoms with E-state index < -0.39 is 0 Å². The lowest BCUT2D eigenvalue weighted by Crippen LogP contribution is -2.28. The van der Waals surface area contributed by atoms with Crippen LogP contribution in [0.4, 0.5) is 0 Å². The van der Waals surface area contributed by atoms with Crippen molar-refractivity contribution >= 4 is 11.3 Å². The predicted molar refractivity (Wildman–Crippen MR) is 67.9 cm³/mol. The first-order chi connectivity index (χ1) is 8.30. The molecule has 0 saturated carbocycles. The van der Waals surface area contributed by atoms with Gasteiger partial charge >= 0.3 is 0 Å². The van der Waals surface area contributed by atoms with Gasteiger partial charge in [0.15, 0.2) is 0 Å². The van der Waals surface area contributed by atoms with Crippen molar-refractivity contribution in [3.8, 4) is 5.75 Å². The molecule has 0 spiro atoms. The Bertz CT molecular complexity index is 479. The molecule has 0 aliphatic rings. The first kappa shape index (κ1) is 12.1. The zero-order valence-electron chi connectivity index (χ0n) is 9.88. The molecule has 0 bridgehead atoms. The first-order valence-electron chi connectivity index (χ1n) is 5.40. The van der Waals surface area contributed by atoms with Crippen LogP contribution in [0.5, 0.6) is 5.75 Å². The number of hydrogen-bond donors (Lipinski definition) is 2. The van der Waals surface area contributed by atoms with Crippen molar-refractivity contribution in [3.63, 3.8) is 0 Å². The summed E-state index contributed by atoms with van der Waals surface area (Å²) in [6.07, 6.45) is 3.82. The topological polar surface area (TPSA) is 65.1 Å². The van der Waals surface area contributed by atoms with Gasteiger partial charge in [0.2, 0.25) is 0 Å². The molecule has 5 nitrogen and oxygen atoms in total. The van der Waals surface area contributed by atoms with Crippen molar-refractivity contribution in [3.05, 3.63) is 34.3 Å². The van der Waals surface area contributed by atoms with Gasteiger partial charge in [-0.05, 0) is 18.4 Å². The highest BCUT2D eigenvalue weighted by atomic mass is 32.1. The minimum Gasteiger partial charge on any atom is -0.496 e. The second kappa shape index (κ2) is 5.31. The highest BCUT2D eigenvalue weighted by Crippen LogP contribution is 2.33. The molecule has 0 amide bonds. The lowest BCUT2D eigenvalue weighted by atomic mass is 10.1. The Hall–Kier alpha value is -1.37. The van der Waals surface area contributed by atoms with Crippen LogP contribution in [0.2, 0.25) is 0 Å². The smallest absolute Gasteiger partial charge is 0.134 e. The second-order valence-corrected chi connectivity index (χ2v) is 4.53. The molecule has 0 aromatic carbocycles. The molecule has 2 aromatic rings. The molecule has 17 heavy (non-hydrogen) atoms. The number of hydrogen-bond acceptors (Lipinski definition) is 5. The zero-order valence-corrected chi connectivity index (χ0v) is 10.7. The number of nitrogens with two attached hydrogens (primary N) is 1. The lowest BCUT2D eigenvalue weighted by Gasteiger charge is -2.14. The van der Waals surface area contributed by atoms with Crippen molar-refractivity contribution in [1.82, 2.24) is 15.2 Å². The lowest BCUT2D eigenvalue weighted by molar-refractivity contribution is 0.408. The molecule has 3 N–H and O–H groups in total. The Kier molecular flexibility index (Phi) is 3.78. The van der Waals surface area contributed by atoms with Gasteiger partial charge in [-0.3, -0.25) is 10.5 Å². The summed E-state index contributed by atoms with van der Waals surface area (Å²) in [6, 6.07) is 1.86. The maximum absolute atomic E-state index is 5.63. The van der Waals surface area contributed by atoms with Crippen LogP contribution in [0, 0.1) is 0 Å². The third-order valence-corrected chi connectivity index (χ3v) is 3.58. The van der Waals surface area contributed by atoms with Crippen LogP contribution in [0.25, 0.3) is 0 Å². The molecule has 1 unspecified atom stereocenters. The number of methoxy groups -OCH3 is 1. The average molecular weight is 252 g/mol. The molecular weight excluding hydrogens is 236 g/mol. The zero-order chi connectivity index (χ0) is 12.3. The van der Waals surface area contributed by atoms with E-state index in [1.54, 1.807) is 18.4 Å². The van der Waals surface area contributed by atoms with Gasteiger partial charge in [0, 0.05) is 18.3 Å². The minimum atomic E-state index is -0.0785. The molecule has 0 radical (unpaired) electrons. The summed E-state index contributed by atoms with van der Waals surface area (Å²) >= 11 is 1.61. The quantitative estimate of drug-likeness (QED) is 0.625. The molecule has 2 aromatic heterocycles. The Morgan fingerprint density at radius 2 is 2.47 bits per heavy atom. The van der Waals surface area contributed by atoms with E-state index in [0.29, 0.717) is 0 Å². The third kappa shape index (κ3) is 2.33. The fraction of sp³-hybridized carbons (Fsp3) is 0.364. The third-order valence-electron chi connectivity index (χ3n) is 2.62. The van der Waals surface area contributed by atoms with E-state index in [4.69, 9.17) is 10.6 Å². The molecule has 1 atom stereocenters. The molecule has 0 aliphatic heterocycles. The largest absolute Gasteiger partial charge is 0.496 e. The fourth-order valence-corrected chi connectivity index (χ4v) is 2.66. The van der Waals surface area contributed by atoms with E-state index in [-0.39, 0.29) is 6.04 Å². The number of hydrazine groups is 1. The highest BCUT2D eigenvalue weighted by molar-refractivity contribution is 7.10. The van der Waals surface area contributed by atoms with Crippen LogP contribution < -0.4 is 16.0 Å². The van der Waals surface area contributed by atoms with Gasteiger partial charge in [0.25, 0.3) is 0 Å². The molecule has 2 heterocycles. The van der Waals surface area contributed by atoms with E-state index in [1.807, 2.05) is 35.4 Å². The minimum absolute atomic E-state index is 0.0785. The van der Waals surface area contributed by atoms with Crippen molar-refractivity contribution in [2.45, 2.75) is 19.5 Å². The predicted octanol–water partition coefficient (Wildman–Crippen LogP) is 1.53. The molecule has 6 heteroatoms. The van der Waals surface area contributed by atoms with Crippen molar-refractivity contribution in [2.75, 3.05) is 7.11 Å². The maximum Gasteiger partial charge on any atom is 0.134 e. The van der Waals surface area contributed by atoms with Gasteiger partial charge in [0.05, 0.1) is 24.2 Å². The normalized spacial score (nSPS) is 12.6. The van der Waals surface area contributed by atoms with E-state index in [9.17, 15) is 0 Å². The summed E-state index contributed by atoms with van der Waals surface area (Å²) in [6.45, 7) is 2.90. The van der Waals surface area contributed by atoms with Crippen LogP contribution in [-0.2, 0) is 6.54 Å². The fourth-order valence-electron chi connectivity index (χ4n) is 1.71. The number of nitrogens with one attached hydrogen (secondary N) is 1. The van der Waals surface area contributed by atoms with E-state index in [2.05, 4.69) is 10.5 Å². The number of nitrogens with zero attached hydrogens (tertiary/aromatic N) is 2. The Morgan fingerprint density at radius 3 is 3.06 bits per heavy atom. The average Bonchev–Trinajstić information content (AvgIpc) is 2.99. The van der Waals surface area contributed by atoms with Gasteiger partial charge in [-0.2, -0.15) is 5.10 Å². The maximum atomic E-state index is 5.63. The van der Waals surface area contributed by atoms with Gasteiger partial charge in [-0.15, -0.1) is 11.3 Å². The number of thiophene rings is 1. The number of aromatic nitrogens is 2. The summed E-state index contributed by atoms with van der Waals surface area (Å²) in [5.41, 5.74) is 3.85. The monoisotopic (exact) mass is 252 g/mol. The number of aryl methyl sites for hydroxylation is 1. The second-order valence-electron chi connectivity index (χ2n) is 3.58. The molecule has 0 fully saturated rings. The van der Waals surface area contributed by atoms with Crippen LogP contribution in [0.3, 0.4) is 0 Å². The SMILES string of the molecule is CCn1cc(C(NN)c2sccc2OC)cn1. The Labute approximate surface area is 104 Å². The Balaban J connectivity index is 2.33. The number of rotatable bonds is 5. The van der Waals surface area contributed by atoms with Crippen LogP contribution in [-0.4, -0.2) is 16.9 Å². The molecule has 0 saturated heterocycles. The van der Waals surface area contributed by atoms with Gasteiger partial charge in [-0.25, -0.2) is 5.43 Å². The van der Waals surface area contributed by atoms with E-state index >= 15 is 0 Å². The molecular formula is C11H16N4OS. The van der Waals surface area contributed by atoms with E-state index in [0.717, 1.165) is 22.7 Å². The summed E-state index contributed by atoms with van der Waals surface area (Å²) in [5.74, 6) is 6.48. The van der Waals surface area contributed by atoms with Gasteiger partial charge in [0.1, 0.15) is 5.75 Å². The van der Waals surface area contributed by atoms with Crippen LogP contribution >= 0.6 is 11.3 Å². The van der Waals surface area contributed by atoms with Gasteiger partial charge < -0.3 is 4.74 Å². The first-order valence-corrected chi connectivity index (χ1v) is 6.28. The number of ether oxygens (including phenoxy) is 1. The summed E-state index contributed by atoms with van der Waals surface area (Å²) < 4.78 is 7.19. The summed E-state index contributed by atoms with van der Waals surface area (Å²) in [7, 11) is 1.66. The summed E-state index contributed by atoms with van der Waals surface area (Å²) in [4.78, 5) is 1.06. The van der Waals surface area contributed by atoms with Crippen molar-refractivity contribution in [1.29, 1.82) is 0 Å². The van der Waals surface area contributed by atoms with Crippen LogP contribution in [0.15, 0.2) is 23.8 Å². The van der Waals surface area contributed by atoms with Gasteiger partial charge in [-0.1, -0.05) is 0 Å². The van der Waals surface area contributed by atoms with Crippen molar-refractivity contribution in [2.24, 2.45) is 5.84 Å². The van der Waals surface area contributed by atoms with Crippen molar-refractivity contribution < 1.29 is 4.74 Å².